The number of halogens is 3. The van der Waals surface area contributed by atoms with Gasteiger partial charge in [0.2, 0.25) is 0 Å². The Morgan fingerprint density at radius 2 is 1.83 bits per heavy atom. The van der Waals surface area contributed by atoms with E-state index in [0.717, 1.165) is 11.1 Å². The van der Waals surface area contributed by atoms with Crippen molar-refractivity contribution < 1.29 is 18.6 Å². The standard InChI is InChI=1S/C19H17ClF2O2/c20-14-3-1-4-15-17(14)19(12-5-7-13(23)8-6-12)10-2-9-18(21,22)11-16(19)24-15/h1,3-8,16,23H,2,9-11H2. The zero-order valence-electron chi connectivity index (χ0n) is 12.9. The van der Waals surface area contributed by atoms with Crippen molar-refractivity contribution in [3.63, 3.8) is 0 Å². The summed E-state index contributed by atoms with van der Waals surface area (Å²) in [6, 6.07) is 12.1. The van der Waals surface area contributed by atoms with E-state index in [1.165, 1.54) is 0 Å². The molecule has 1 aliphatic heterocycles. The molecule has 2 aromatic rings. The maximum atomic E-state index is 14.2. The molecule has 1 aliphatic carbocycles. The number of hydrogen-bond donors (Lipinski definition) is 1. The van der Waals surface area contributed by atoms with E-state index in [1.54, 1.807) is 42.5 Å². The van der Waals surface area contributed by atoms with Crippen molar-refractivity contribution in [2.24, 2.45) is 0 Å². The quantitative estimate of drug-likeness (QED) is 0.756. The van der Waals surface area contributed by atoms with E-state index in [4.69, 9.17) is 16.3 Å². The molecular formula is C19H17ClF2O2. The number of rotatable bonds is 1. The summed E-state index contributed by atoms with van der Waals surface area (Å²) in [5, 5.41) is 10.1. The second-order valence-electron chi connectivity index (χ2n) is 6.65. The average Bonchev–Trinajstić information content (AvgIpc) is 2.75. The number of hydrogen-bond acceptors (Lipinski definition) is 2. The molecule has 1 fully saturated rings. The summed E-state index contributed by atoms with van der Waals surface area (Å²) in [5.41, 5.74) is 0.941. The van der Waals surface area contributed by atoms with Crippen molar-refractivity contribution in [2.75, 3.05) is 0 Å². The Hall–Kier alpha value is -1.81. The fourth-order valence-corrected chi connectivity index (χ4v) is 4.52. The SMILES string of the molecule is Oc1ccc(C23CCCC(F)(F)CC2Oc2cccc(Cl)c23)cc1. The minimum atomic E-state index is -2.75. The molecule has 0 saturated heterocycles. The zero-order valence-corrected chi connectivity index (χ0v) is 13.7. The zero-order chi connectivity index (χ0) is 16.9. The average molecular weight is 351 g/mol. The van der Waals surface area contributed by atoms with Crippen LogP contribution in [0.4, 0.5) is 8.78 Å². The van der Waals surface area contributed by atoms with Crippen molar-refractivity contribution in [1.29, 1.82) is 0 Å². The molecule has 2 nitrogen and oxygen atoms in total. The second-order valence-corrected chi connectivity index (χ2v) is 7.06. The van der Waals surface area contributed by atoms with Crippen molar-refractivity contribution in [1.82, 2.24) is 0 Å². The van der Waals surface area contributed by atoms with Crippen molar-refractivity contribution in [2.45, 2.75) is 43.1 Å². The normalized spacial score (nSPS) is 27.7. The summed E-state index contributed by atoms with van der Waals surface area (Å²) in [5.74, 6) is -2.03. The van der Waals surface area contributed by atoms with Gasteiger partial charge in [0, 0.05) is 23.4 Å². The van der Waals surface area contributed by atoms with Gasteiger partial charge in [-0.1, -0.05) is 29.8 Å². The van der Waals surface area contributed by atoms with Gasteiger partial charge < -0.3 is 9.84 Å². The maximum Gasteiger partial charge on any atom is 0.251 e. The Labute approximate surface area is 144 Å². The van der Waals surface area contributed by atoms with E-state index in [2.05, 4.69) is 0 Å². The van der Waals surface area contributed by atoms with E-state index in [0.29, 0.717) is 23.6 Å². The summed E-state index contributed by atoms with van der Waals surface area (Å²) in [4.78, 5) is 0. The Morgan fingerprint density at radius 1 is 1.08 bits per heavy atom. The lowest BCUT2D eigenvalue weighted by atomic mass is 9.68. The molecule has 2 aliphatic rings. The molecule has 0 aromatic heterocycles. The van der Waals surface area contributed by atoms with E-state index in [-0.39, 0.29) is 18.6 Å². The van der Waals surface area contributed by atoms with Gasteiger partial charge in [-0.3, -0.25) is 0 Å². The van der Waals surface area contributed by atoms with Crippen LogP contribution in [-0.4, -0.2) is 17.1 Å². The third-order valence-corrected chi connectivity index (χ3v) is 5.54. The number of phenols is 1. The molecule has 126 valence electrons. The van der Waals surface area contributed by atoms with Crippen LogP contribution in [0, 0.1) is 0 Å². The third kappa shape index (κ3) is 2.27. The van der Waals surface area contributed by atoms with E-state index >= 15 is 0 Å². The van der Waals surface area contributed by atoms with Crippen molar-refractivity contribution >= 4 is 11.6 Å². The van der Waals surface area contributed by atoms with Crippen LogP contribution in [0.15, 0.2) is 42.5 Å². The molecule has 0 radical (unpaired) electrons. The molecule has 4 rings (SSSR count). The summed E-state index contributed by atoms with van der Waals surface area (Å²) >= 11 is 6.47. The van der Waals surface area contributed by atoms with Crippen LogP contribution in [0.25, 0.3) is 0 Å². The lowest BCUT2D eigenvalue weighted by molar-refractivity contribution is -0.0402. The molecule has 5 heteroatoms. The molecule has 2 atom stereocenters. The topological polar surface area (TPSA) is 29.5 Å². The Morgan fingerprint density at radius 3 is 2.58 bits per heavy atom. The highest BCUT2D eigenvalue weighted by Gasteiger charge is 2.56. The number of alkyl halides is 2. The van der Waals surface area contributed by atoms with Crippen LogP contribution in [-0.2, 0) is 5.41 Å². The van der Waals surface area contributed by atoms with Crippen LogP contribution >= 0.6 is 11.6 Å². The Balaban J connectivity index is 1.95. The molecule has 1 N–H and O–H groups in total. The lowest BCUT2D eigenvalue weighted by Crippen LogP contribution is -2.40. The number of benzene rings is 2. The largest absolute Gasteiger partial charge is 0.508 e. The minimum Gasteiger partial charge on any atom is -0.508 e. The summed E-state index contributed by atoms with van der Waals surface area (Å²) in [6.07, 6.45) is -0.229. The Bertz CT molecular complexity index is 775. The predicted molar refractivity (Wildman–Crippen MR) is 88.2 cm³/mol. The first-order chi connectivity index (χ1) is 11.4. The van der Waals surface area contributed by atoms with Gasteiger partial charge in [-0.15, -0.1) is 0 Å². The highest BCUT2D eigenvalue weighted by Crippen LogP contribution is 2.57. The smallest absolute Gasteiger partial charge is 0.251 e. The lowest BCUT2D eigenvalue weighted by Gasteiger charge is -2.34. The predicted octanol–water partition coefficient (Wildman–Crippen LogP) is 5.30. The fraction of sp³-hybridized carbons (Fsp3) is 0.368. The highest BCUT2D eigenvalue weighted by atomic mass is 35.5. The molecule has 24 heavy (non-hydrogen) atoms. The van der Waals surface area contributed by atoms with Crippen LogP contribution in [0.1, 0.15) is 36.8 Å². The van der Waals surface area contributed by atoms with E-state index in [1.807, 2.05) is 0 Å². The molecule has 1 saturated carbocycles. The summed E-state index contributed by atoms with van der Waals surface area (Å²) in [7, 11) is 0. The number of phenolic OH excluding ortho intramolecular Hbond substituents is 1. The van der Waals surface area contributed by atoms with Crippen LogP contribution in [0.5, 0.6) is 11.5 Å². The van der Waals surface area contributed by atoms with Gasteiger partial charge >= 0.3 is 0 Å². The Kier molecular flexibility index (Phi) is 3.50. The van der Waals surface area contributed by atoms with Gasteiger partial charge in [0.25, 0.3) is 5.92 Å². The monoisotopic (exact) mass is 350 g/mol. The first-order valence-electron chi connectivity index (χ1n) is 8.05. The maximum absolute atomic E-state index is 14.2. The number of ether oxygens (including phenoxy) is 1. The summed E-state index contributed by atoms with van der Waals surface area (Å²) < 4.78 is 34.4. The molecule has 1 heterocycles. The molecular weight excluding hydrogens is 334 g/mol. The third-order valence-electron chi connectivity index (χ3n) is 5.22. The van der Waals surface area contributed by atoms with Gasteiger partial charge in [0.05, 0.1) is 5.41 Å². The van der Waals surface area contributed by atoms with Gasteiger partial charge in [-0.25, -0.2) is 8.78 Å². The second kappa shape index (κ2) is 5.35. The van der Waals surface area contributed by atoms with E-state index in [9.17, 15) is 13.9 Å². The number of fused-ring (bicyclic) bond motifs is 3. The highest BCUT2D eigenvalue weighted by molar-refractivity contribution is 6.31. The van der Waals surface area contributed by atoms with Gasteiger partial charge in [-0.05, 0) is 42.7 Å². The number of aromatic hydroxyl groups is 1. The van der Waals surface area contributed by atoms with E-state index < -0.39 is 17.4 Å². The first kappa shape index (κ1) is 15.7. The minimum absolute atomic E-state index is 0.143. The van der Waals surface area contributed by atoms with Crippen molar-refractivity contribution in [3.8, 4) is 11.5 Å². The van der Waals surface area contributed by atoms with Crippen molar-refractivity contribution in [3.05, 3.63) is 58.6 Å². The van der Waals surface area contributed by atoms with Gasteiger partial charge in [0.15, 0.2) is 0 Å². The molecule has 0 spiro atoms. The van der Waals surface area contributed by atoms with Crippen LogP contribution in [0.3, 0.4) is 0 Å². The van der Waals surface area contributed by atoms with Gasteiger partial charge in [-0.2, -0.15) is 0 Å². The first-order valence-corrected chi connectivity index (χ1v) is 8.43. The van der Waals surface area contributed by atoms with Gasteiger partial charge in [0.1, 0.15) is 17.6 Å². The molecule has 2 unspecified atom stereocenters. The molecule has 0 amide bonds. The fourth-order valence-electron chi connectivity index (χ4n) is 4.18. The molecule has 0 bridgehead atoms. The molecule has 2 aromatic carbocycles. The summed E-state index contributed by atoms with van der Waals surface area (Å²) in [6.45, 7) is 0. The van der Waals surface area contributed by atoms with Crippen LogP contribution < -0.4 is 4.74 Å². The van der Waals surface area contributed by atoms with Crippen LogP contribution in [0.2, 0.25) is 5.02 Å².